The maximum atomic E-state index is 12.9. The average molecular weight is 447 g/mol. The number of methoxy groups -OCH3 is 1. The number of hydrogen-bond acceptors (Lipinski definition) is 4. The molecule has 2 fully saturated rings. The van der Waals surface area contributed by atoms with E-state index in [1.54, 1.807) is 24.3 Å². The van der Waals surface area contributed by atoms with Crippen molar-refractivity contribution in [3.8, 4) is 5.75 Å². The Morgan fingerprint density at radius 2 is 1.70 bits per heavy atom. The van der Waals surface area contributed by atoms with Crippen molar-refractivity contribution in [2.75, 3.05) is 17.3 Å². The van der Waals surface area contributed by atoms with Gasteiger partial charge in [0.1, 0.15) is 5.75 Å². The molecule has 156 valence electrons. The molecular weight excluding hydrogens is 427 g/mol. The molecule has 2 aliphatic rings. The molecule has 0 spiro atoms. The van der Waals surface area contributed by atoms with Gasteiger partial charge in [0.15, 0.2) is 0 Å². The van der Waals surface area contributed by atoms with Crippen LogP contribution in [-0.4, -0.2) is 24.8 Å². The number of benzene rings is 2. The second kappa shape index (κ2) is 8.28. The number of rotatable bonds is 4. The summed E-state index contributed by atoms with van der Waals surface area (Å²) in [5.74, 6) is -0.909. The standard InChI is InChI=1S/C22H20Cl2N2O4/c1-30-19-9-7-13(26-21(28)14-4-2-3-5-15(14)22(26)29)11-18(19)25-20(27)16-8-6-12(23)10-17(16)24/h6-11,14-15H,2-5H2,1H3,(H,25,27)/t14-,15-/m1/s1. The minimum atomic E-state index is -0.458. The zero-order chi connectivity index (χ0) is 21.4. The first-order valence-electron chi connectivity index (χ1n) is 9.73. The lowest BCUT2D eigenvalue weighted by Crippen LogP contribution is -2.31. The molecule has 0 radical (unpaired) electrons. The van der Waals surface area contributed by atoms with Crippen LogP contribution in [0.1, 0.15) is 36.0 Å². The Morgan fingerprint density at radius 1 is 1.03 bits per heavy atom. The van der Waals surface area contributed by atoms with E-state index in [9.17, 15) is 14.4 Å². The third-order valence-electron chi connectivity index (χ3n) is 5.71. The molecule has 1 aliphatic carbocycles. The molecule has 30 heavy (non-hydrogen) atoms. The number of nitrogens with one attached hydrogen (secondary N) is 1. The van der Waals surface area contributed by atoms with Gasteiger partial charge in [-0.2, -0.15) is 0 Å². The molecule has 1 saturated heterocycles. The number of halogens is 2. The van der Waals surface area contributed by atoms with Gasteiger partial charge in [-0.3, -0.25) is 14.4 Å². The van der Waals surface area contributed by atoms with Gasteiger partial charge in [0.05, 0.1) is 40.9 Å². The zero-order valence-electron chi connectivity index (χ0n) is 16.3. The highest BCUT2D eigenvalue weighted by atomic mass is 35.5. The second-order valence-electron chi connectivity index (χ2n) is 7.47. The third-order valence-corrected chi connectivity index (χ3v) is 6.25. The van der Waals surface area contributed by atoms with Crippen molar-refractivity contribution >= 4 is 52.3 Å². The highest BCUT2D eigenvalue weighted by molar-refractivity contribution is 6.37. The van der Waals surface area contributed by atoms with E-state index < -0.39 is 5.91 Å². The fourth-order valence-electron chi connectivity index (χ4n) is 4.21. The maximum absolute atomic E-state index is 12.9. The summed E-state index contributed by atoms with van der Waals surface area (Å²) in [6, 6.07) is 9.42. The topological polar surface area (TPSA) is 75.7 Å². The molecule has 2 aromatic rings. The van der Waals surface area contributed by atoms with Gasteiger partial charge in [-0.25, -0.2) is 4.90 Å². The van der Waals surface area contributed by atoms with Crippen LogP contribution in [0.15, 0.2) is 36.4 Å². The monoisotopic (exact) mass is 446 g/mol. The first-order valence-corrected chi connectivity index (χ1v) is 10.5. The van der Waals surface area contributed by atoms with E-state index in [2.05, 4.69) is 5.32 Å². The lowest BCUT2D eigenvalue weighted by atomic mass is 9.81. The number of carbonyl (C=O) groups excluding carboxylic acids is 3. The van der Waals surface area contributed by atoms with Crippen LogP contribution in [0.2, 0.25) is 10.0 Å². The van der Waals surface area contributed by atoms with E-state index in [1.165, 1.54) is 24.1 Å². The van der Waals surface area contributed by atoms with Crippen LogP contribution >= 0.6 is 23.2 Å². The lowest BCUT2D eigenvalue weighted by Gasteiger charge is -2.19. The number of nitrogens with zero attached hydrogens (tertiary/aromatic N) is 1. The van der Waals surface area contributed by atoms with Crippen molar-refractivity contribution in [1.82, 2.24) is 0 Å². The van der Waals surface area contributed by atoms with Gasteiger partial charge in [0, 0.05) is 5.02 Å². The molecule has 1 heterocycles. The number of ether oxygens (including phenoxy) is 1. The van der Waals surface area contributed by atoms with Gasteiger partial charge in [-0.15, -0.1) is 0 Å². The van der Waals surface area contributed by atoms with Crippen LogP contribution in [0.3, 0.4) is 0 Å². The molecule has 0 aromatic heterocycles. The number of anilines is 2. The summed E-state index contributed by atoms with van der Waals surface area (Å²) in [6.07, 6.45) is 3.39. The van der Waals surface area contributed by atoms with Gasteiger partial charge >= 0.3 is 0 Å². The van der Waals surface area contributed by atoms with E-state index in [-0.39, 0.29) is 34.2 Å². The molecule has 3 amide bonds. The Balaban J connectivity index is 1.65. The second-order valence-corrected chi connectivity index (χ2v) is 8.32. The molecule has 4 rings (SSSR count). The number of fused-ring (bicyclic) bond motifs is 1. The van der Waals surface area contributed by atoms with E-state index in [0.29, 0.717) is 22.1 Å². The minimum absolute atomic E-state index is 0.173. The largest absolute Gasteiger partial charge is 0.495 e. The number of carbonyl (C=O) groups is 3. The molecular formula is C22H20Cl2N2O4. The smallest absolute Gasteiger partial charge is 0.257 e. The third kappa shape index (κ3) is 3.66. The normalized spacial score (nSPS) is 20.8. The summed E-state index contributed by atoms with van der Waals surface area (Å²) in [4.78, 5) is 39.8. The van der Waals surface area contributed by atoms with Crippen molar-refractivity contribution < 1.29 is 19.1 Å². The van der Waals surface area contributed by atoms with Crippen molar-refractivity contribution in [2.45, 2.75) is 25.7 Å². The van der Waals surface area contributed by atoms with Crippen LogP contribution in [0, 0.1) is 11.8 Å². The fraction of sp³-hybridized carbons (Fsp3) is 0.318. The molecule has 1 aliphatic heterocycles. The van der Waals surface area contributed by atoms with Crippen LogP contribution in [0.4, 0.5) is 11.4 Å². The number of amides is 3. The van der Waals surface area contributed by atoms with E-state index in [0.717, 1.165) is 25.7 Å². The molecule has 6 nitrogen and oxygen atoms in total. The molecule has 2 atom stereocenters. The first-order chi connectivity index (χ1) is 14.4. The Morgan fingerprint density at radius 3 is 2.30 bits per heavy atom. The van der Waals surface area contributed by atoms with Crippen molar-refractivity contribution in [1.29, 1.82) is 0 Å². The van der Waals surface area contributed by atoms with Gasteiger partial charge in [0.25, 0.3) is 5.91 Å². The fourth-order valence-corrected chi connectivity index (χ4v) is 4.71. The maximum Gasteiger partial charge on any atom is 0.257 e. The molecule has 1 N–H and O–H groups in total. The predicted molar refractivity (Wildman–Crippen MR) is 115 cm³/mol. The first kappa shape index (κ1) is 20.7. The highest BCUT2D eigenvalue weighted by Crippen LogP contribution is 2.41. The quantitative estimate of drug-likeness (QED) is 0.675. The Hall–Kier alpha value is -2.57. The molecule has 8 heteroatoms. The summed E-state index contributed by atoms with van der Waals surface area (Å²) in [6.45, 7) is 0. The summed E-state index contributed by atoms with van der Waals surface area (Å²) in [7, 11) is 1.47. The minimum Gasteiger partial charge on any atom is -0.495 e. The zero-order valence-corrected chi connectivity index (χ0v) is 17.8. The Labute approximate surface area is 184 Å². The van der Waals surface area contributed by atoms with E-state index >= 15 is 0 Å². The van der Waals surface area contributed by atoms with Gasteiger partial charge < -0.3 is 10.1 Å². The van der Waals surface area contributed by atoms with Crippen molar-refractivity contribution in [3.05, 3.63) is 52.0 Å². The van der Waals surface area contributed by atoms with Gasteiger partial charge in [-0.1, -0.05) is 36.0 Å². The van der Waals surface area contributed by atoms with Crippen LogP contribution in [0.25, 0.3) is 0 Å². The summed E-state index contributed by atoms with van der Waals surface area (Å²) in [5.41, 5.74) is 0.993. The predicted octanol–water partition coefficient (Wildman–Crippen LogP) is 4.93. The highest BCUT2D eigenvalue weighted by Gasteiger charge is 2.48. The number of imide groups is 1. The molecule has 0 bridgehead atoms. The summed E-state index contributed by atoms with van der Waals surface area (Å²) >= 11 is 12.0. The Kier molecular flexibility index (Phi) is 5.71. The SMILES string of the molecule is COc1ccc(N2C(=O)[C@@H]3CCCC[C@H]3C2=O)cc1NC(=O)c1ccc(Cl)cc1Cl. The molecule has 2 aromatic carbocycles. The van der Waals surface area contributed by atoms with E-state index in [4.69, 9.17) is 27.9 Å². The molecule has 0 unspecified atom stereocenters. The van der Waals surface area contributed by atoms with Crippen LogP contribution in [0.5, 0.6) is 5.75 Å². The van der Waals surface area contributed by atoms with Crippen molar-refractivity contribution in [2.24, 2.45) is 11.8 Å². The average Bonchev–Trinajstić information content (AvgIpc) is 2.98. The Bertz CT molecular complexity index is 1020. The van der Waals surface area contributed by atoms with Crippen LogP contribution < -0.4 is 15.0 Å². The van der Waals surface area contributed by atoms with E-state index in [1.807, 2.05) is 0 Å². The molecule has 1 saturated carbocycles. The summed E-state index contributed by atoms with van der Waals surface area (Å²) < 4.78 is 5.34. The van der Waals surface area contributed by atoms with Gasteiger partial charge in [0.2, 0.25) is 11.8 Å². The van der Waals surface area contributed by atoms with Gasteiger partial charge in [-0.05, 0) is 49.2 Å². The summed E-state index contributed by atoms with van der Waals surface area (Å²) in [5, 5.41) is 3.39. The van der Waals surface area contributed by atoms with Crippen LogP contribution in [-0.2, 0) is 9.59 Å². The lowest BCUT2D eigenvalue weighted by molar-refractivity contribution is -0.122. The van der Waals surface area contributed by atoms with Crippen molar-refractivity contribution in [3.63, 3.8) is 0 Å². The number of hydrogen-bond donors (Lipinski definition) is 1.